The van der Waals surface area contributed by atoms with Crippen LogP contribution in [0.4, 0.5) is 0 Å². The smallest absolute Gasteiger partial charge is 0.251 e. The van der Waals surface area contributed by atoms with Gasteiger partial charge in [0, 0.05) is 43.8 Å². The SMILES string of the molecule is CCNC(=NCc1ccc(Br)cc1)N1CCN(C(=O)C2CCCO2)CC1.I. The number of carbonyl (C=O) groups is 1. The molecule has 1 aromatic carbocycles. The number of nitrogens with one attached hydrogen (secondary N) is 1. The number of ether oxygens (including phenoxy) is 1. The maximum absolute atomic E-state index is 12.5. The van der Waals surface area contributed by atoms with E-state index in [0.29, 0.717) is 13.2 Å². The van der Waals surface area contributed by atoms with Gasteiger partial charge in [0.1, 0.15) is 6.10 Å². The van der Waals surface area contributed by atoms with Crippen LogP contribution in [-0.2, 0) is 16.1 Å². The van der Waals surface area contributed by atoms with Crippen LogP contribution in [-0.4, -0.2) is 67.1 Å². The second kappa shape index (κ2) is 11.2. The molecule has 27 heavy (non-hydrogen) atoms. The summed E-state index contributed by atoms with van der Waals surface area (Å²) >= 11 is 3.46. The van der Waals surface area contributed by atoms with Crippen molar-refractivity contribution in [2.45, 2.75) is 32.4 Å². The van der Waals surface area contributed by atoms with Crippen molar-refractivity contribution in [3.05, 3.63) is 34.3 Å². The Morgan fingerprint density at radius 2 is 1.89 bits per heavy atom. The summed E-state index contributed by atoms with van der Waals surface area (Å²) in [5.74, 6) is 1.07. The maximum Gasteiger partial charge on any atom is 0.251 e. The molecule has 6 nitrogen and oxygen atoms in total. The molecule has 2 fully saturated rings. The van der Waals surface area contributed by atoms with E-state index in [0.717, 1.165) is 56.0 Å². The molecular weight excluding hydrogens is 523 g/mol. The zero-order chi connectivity index (χ0) is 18.4. The van der Waals surface area contributed by atoms with E-state index < -0.39 is 0 Å². The van der Waals surface area contributed by atoms with Gasteiger partial charge in [-0.05, 0) is 37.5 Å². The minimum atomic E-state index is -0.221. The number of benzene rings is 1. The number of hydrogen-bond acceptors (Lipinski definition) is 3. The van der Waals surface area contributed by atoms with Gasteiger partial charge in [-0.3, -0.25) is 4.79 Å². The molecule has 1 atom stereocenters. The van der Waals surface area contributed by atoms with Gasteiger partial charge < -0.3 is 19.9 Å². The Bertz CT molecular complexity index is 627. The van der Waals surface area contributed by atoms with Crippen LogP contribution in [0.1, 0.15) is 25.3 Å². The summed E-state index contributed by atoms with van der Waals surface area (Å²) in [6.07, 6.45) is 1.63. The molecule has 2 aliphatic heterocycles. The van der Waals surface area contributed by atoms with E-state index in [4.69, 9.17) is 9.73 Å². The van der Waals surface area contributed by atoms with E-state index >= 15 is 0 Å². The molecule has 2 aliphatic rings. The second-order valence-electron chi connectivity index (χ2n) is 6.61. The number of rotatable bonds is 4. The lowest BCUT2D eigenvalue weighted by atomic mass is 10.2. The molecule has 1 amide bonds. The molecule has 0 aromatic heterocycles. The lowest BCUT2D eigenvalue weighted by molar-refractivity contribution is -0.142. The van der Waals surface area contributed by atoms with Crippen LogP contribution in [0.3, 0.4) is 0 Å². The van der Waals surface area contributed by atoms with Crippen molar-refractivity contribution in [1.82, 2.24) is 15.1 Å². The number of amides is 1. The molecule has 0 spiro atoms. The molecule has 2 heterocycles. The van der Waals surface area contributed by atoms with Gasteiger partial charge in [0.05, 0.1) is 6.54 Å². The fourth-order valence-electron chi connectivity index (χ4n) is 3.30. The summed E-state index contributed by atoms with van der Waals surface area (Å²) in [6.45, 7) is 7.30. The fourth-order valence-corrected chi connectivity index (χ4v) is 3.56. The van der Waals surface area contributed by atoms with Gasteiger partial charge in [-0.15, -0.1) is 24.0 Å². The average molecular weight is 551 g/mol. The normalized spacial score (nSPS) is 20.4. The second-order valence-corrected chi connectivity index (χ2v) is 7.53. The Kier molecular flexibility index (Phi) is 9.31. The predicted octanol–water partition coefficient (Wildman–Crippen LogP) is 2.86. The number of guanidine groups is 1. The molecule has 0 saturated carbocycles. The molecule has 0 aliphatic carbocycles. The Balaban J connectivity index is 0.00000261. The number of aliphatic imine (C=N–C) groups is 1. The van der Waals surface area contributed by atoms with Crippen LogP contribution in [0.5, 0.6) is 0 Å². The first-order valence-electron chi connectivity index (χ1n) is 9.35. The van der Waals surface area contributed by atoms with Gasteiger partial charge in [0.15, 0.2) is 5.96 Å². The number of halogens is 2. The topological polar surface area (TPSA) is 57.2 Å². The zero-order valence-corrected chi connectivity index (χ0v) is 19.6. The van der Waals surface area contributed by atoms with Crippen molar-refractivity contribution in [3.8, 4) is 0 Å². The highest BCUT2D eigenvalue weighted by Crippen LogP contribution is 2.16. The minimum Gasteiger partial charge on any atom is -0.368 e. The first kappa shape index (κ1) is 22.4. The largest absolute Gasteiger partial charge is 0.368 e. The highest BCUT2D eigenvalue weighted by molar-refractivity contribution is 14.0. The molecule has 1 N–H and O–H groups in total. The number of nitrogens with zero attached hydrogens (tertiary/aromatic N) is 3. The van der Waals surface area contributed by atoms with E-state index in [9.17, 15) is 4.79 Å². The van der Waals surface area contributed by atoms with E-state index in [1.165, 1.54) is 5.56 Å². The monoisotopic (exact) mass is 550 g/mol. The lowest BCUT2D eigenvalue weighted by Crippen LogP contribution is -2.55. The fraction of sp³-hybridized carbons (Fsp3) is 0.579. The maximum atomic E-state index is 12.5. The van der Waals surface area contributed by atoms with Crippen molar-refractivity contribution >= 4 is 51.8 Å². The third-order valence-corrected chi connectivity index (χ3v) is 5.28. The van der Waals surface area contributed by atoms with Gasteiger partial charge in [-0.2, -0.15) is 0 Å². The molecule has 8 heteroatoms. The molecule has 2 saturated heterocycles. The van der Waals surface area contributed by atoms with Crippen molar-refractivity contribution in [1.29, 1.82) is 0 Å². The van der Waals surface area contributed by atoms with Crippen LogP contribution >= 0.6 is 39.9 Å². The number of carbonyl (C=O) groups excluding carboxylic acids is 1. The predicted molar refractivity (Wildman–Crippen MR) is 121 cm³/mol. The van der Waals surface area contributed by atoms with Crippen LogP contribution in [0.25, 0.3) is 0 Å². The summed E-state index contributed by atoms with van der Waals surface area (Å²) in [4.78, 5) is 21.4. The van der Waals surface area contributed by atoms with Crippen molar-refractivity contribution in [2.75, 3.05) is 39.3 Å². The third-order valence-electron chi connectivity index (χ3n) is 4.76. The van der Waals surface area contributed by atoms with E-state index in [1.807, 2.05) is 17.0 Å². The standard InChI is InChI=1S/C19H27BrN4O2.HI/c1-2-21-19(22-14-15-5-7-16(20)8-6-15)24-11-9-23(10-12-24)18(25)17-4-3-13-26-17;/h5-8,17H,2-4,9-14H2,1H3,(H,21,22);1H. The van der Waals surface area contributed by atoms with Crippen LogP contribution in [0, 0.1) is 0 Å². The van der Waals surface area contributed by atoms with E-state index in [-0.39, 0.29) is 36.0 Å². The number of piperazine rings is 1. The quantitative estimate of drug-likeness (QED) is 0.356. The van der Waals surface area contributed by atoms with Crippen LogP contribution in [0.2, 0.25) is 0 Å². The zero-order valence-electron chi connectivity index (χ0n) is 15.7. The summed E-state index contributed by atoms with van der Waals surface area (Å²) < 4.78 is 6.61. The van der Waals surface area contributed by atoms with Gasteiger partial charge in [-0.1, -0.05) is 28.1 Å². The average Bonchev–Trinajstić information content (AvgIpc) is 3.21. The van der Waals surface area contributed by atoms with E-state index in [1.54, 1.807) is 0 Å². The van der Waals surface area contributed by atoms with Crippen LogP contribution < -0.4 is 5.32 Å². The minimum absolute atomic E-state index is 0. The van der Waals surface area contributed by atoms with E-state index in [2.05, 4.69) is 45.2 Å². The highest BCUT2D eigenvalue weighted by Gasteiger charge is 2.30. The number of hydrogen-bond donors (Lipinski definition) is 1. The third kappa shape index (κ3) is 6.32. The first-order chi connectivity index (χ1) is 12.7. The first-order valence-corrected chi connectivity index (χ1v) is 10.1. The summed E-state index contributed by atoms with van der Waals surface area (Å²) in [6, 6.07) is 8.23. The Labute approximate surface area is 186 Å². The molecule has 1 unspecified atom stereocenters. The van der Waals surface area contributed by atoms with Crippen LogP contribution in [0.15, 0.2) is 33.7 Å². The highest BCUT2D eigenvalue weighted by atomic mass is 127. The molecule has 0 radical (unpaired) electrons. The lowest BCUT2D eigenvalue weighted by Gasteiger charge is -2.37. The summed E-state index contributed by atoms with van der Waals surface area (Å²) in [5.41, 5.74) is 1.18. The van der Waals surface area contributed by atoms with Gasteiger partial charge >= 0.3 is 0 Å². The molecular formula is C19H28BrIN4O2. The Hall–Kier alpha value is -0.870. The summed E-state index contributed by atoms with van der Waals surface area (Å²) in [5, 5.41) is 3.37. The summed E-state index contributed by atoms with van der Waals surface area (Å²) in [7, 11) is 0. The molecule has 1 aromatic rings. The van der Waals surface area contributed by atoms with Crippen molar-refractivity contribution < 1.29 is 9.53 Å². The van der Waals surface area contributed by atoms with Crippen molar-refractivity contribution in [3.63, 3.8) is 0 Å². The van der Waals surface area contributed by atoms with Crippen molar-refractivity contribution in [2.24, 2.45) is 4.99 Å². The van der Waals surface area contributed by atoms with Gasteiger partial charge in [0.2, 0.25) is 0 Å². The van der Waals surface area contributed by atoms with Gasteiger partial charge in [0.25, 0.3) is 5.91 Å². The molecule has 150 valence electrons. The van der Waals surface area contributed by atoms with Gasteiger partial charge in [-0.25, -0.2) is 4.99 Å². The Morgan fingerprint density at radius 1 is 1.22 bits per heavy atom. The Morgan fingerprint density at radius 3 is 2.48 bits per heavy atom. The molecule has 0 bridgehead atoms. The molecule has 3 rings (SSSR count).